The SMILES string of the molecule is CCOCOC1CCC(c2ccc(-c3ccc(OC(F)(F)C(F)C(F)(F)F)cc3)cc2)CC1. The second-order valence-corrected chi connectivity index (χ2v) is 7.97. The zero-order valence-corrected chi connectivity index (χ0v) is 18.1. The molecular weight excluding hydrogens is 450 g/mol. The summed E-state index contributed by atoms with van der Waals surface area (Å²) < 4.78 is 91.4. The highest BCUT2D eigenvalue weighted by Gasteiger charge is 2.59. The smallest absolute Gasteiger partial charge is 0.430 e. The van der Waals surface area contributed by atoms with Gasteiger partial charge in [-0.2, -0.15) is 22.0 Å². The van der Waals surface area contributed by atoms with E-state index in [0.717, 1.165) is 43.4 Å². The molecule has 1 saturated carbocycles. The summed E-state index contributed by atoms with van der Waals surface area (Å²) in [4.78, 5) is 0. The van der Waals surface area contributed by atoms with Crippen molar-refractivity contribution in [1.29, 1.82) is 0 Å². The Morgan fingerprint density at radius 3 is 1.91 bits per heavy atom. The van der Waals surface area contributed by atoms with Gasteiger partial charge >= 0.3 is 12.3 Å². The third kappa shape index (κ3) is 6.86. The van der Waals surface area contributed by atoms with Crippen molar-refractivity contribution < 1.29 is 40.6 Å². The number of rotatable bonds is 9. The molecule has 3 rings (SSSR count). The second-order valence-electron chi connectivity index (χ2n) is 7.97. The first-order valence-corrected chi connectivity index (χ1v) is 10.8. The lowest BCUT2D eigenvalue weighted by Crippen LogP contribution is -2.45. The molecule has 182 valence electrons. The van der Waals surface area contributed by atoms with Gasteiger partial charge in [0.05, 0.1) is 6.10 Å². The Bertz CT molecular complexity index is 859. The molecule has 0 bridgehead atoms. The topological polar surface area (TPSA) is 27.7 Å². The Balaban J connectivity index is 1.57. The first kappa shape index (κ1) is 25.4. The predicted molar refractivity (Wildman–Crippen MR) is 111 cm³/mol. The van der Waals surface area contributed by atoms with Crippen LogP contribution in [0.5, 0.6) is 5.75 Å². The molecule has 0 radical (unpaired) electrons. The second kappa shape index (κ2) is 10.8. The van der Waals surface area contributed by atoms with Gasteiger partial charge in [0.2, 0.25) is 0 Å². The molecule has 0 amide bonds. The highest BCUT2D eigenvalue weighted by molar-refractivity contribution is 5.64. The zero-order valence-electron chi connectivity index (χ0n) is 18.1. The molecule has 1 unspecified atom stereocenters. The Hall–Kier alpha value is -2.26. The fourth-order valence-corrected chi connectivity index (χ4v) is 3.85. The van der Waals surface area contributed by atoms with Crippen LogP contribution in [0.4, 0.5) is 26.3 Å². The van der Waals surface area contributed by atoms with Crippen LogP contribution in [-0.2, 0) is 9.47 Å². The number of halogens is 6. The van der Waals surface area contributed by atoms with Crippen molar-refractivity contribution >= 4 is 0 Å². The highest BCUT2D eigenvalue weighted by Crippen LogP contribution is 2.38. The van der Waals surface area contributed by atoms with Crippen molar-refractivity contribution in [3.63, 3.8) is 0 Å². The van der Waals surface area contributed by atoms with Crippen LogP contribution >= 0.6 is 0 Å². The molecule has 1 atom stereocenters. The first-order valence-electron chi connectivity index (χ1n) is 10.8. The number of benzene rings is 2. The molecular formula is C24H26F6O3. The average molecular weight is 476 g/mol. The lowest BCUT2D eigenvalue weighted by molar-refractivity contribution is -0.304. The fraction of sp³-hybridized carbons (Fsp3) is 0.500. The van der Waals surface area contributed by atoms with E-state index >= 15 is 0 Å². The maximum atomic E-state index is 13.4. The van der Waals surface area contributed by atoms with Crippen LogP contribution in [-0.4, -0.2) is 38.0 Å². The summed E-state index contributed by atoms with van der Waals surface area (Å²) in [5.74, 6) is -0.137. The average Bonchev–Trinajstić information content (AvgIpc) is 2.79. The number of ether oxygens (including phenoxy) is 3. The van der Waals surface area contributed by atoms with E-state index in [1.165, 1.54) is 17.7 Å². The molecule has 3 nitrogen and oxygen atoms in total. The van der Waals surface area contributed by atoms with E-state index < -0.39 is 24.2 Å². The van der Waals surface area contributed by atoms with Gasteiger partial charge in [-0.1, -0.05) is 36.4 Å². The lowest BCUT2D eigenvalue weighted by atomic mass is 9.82. The van der Waals surface area contributed by atoms with Crippen molar-refractivity contribution in [3.8, 4) is 16.9 Å². The van der Waals surface area contributed by atoms with Crippen LogP contribution in [0.2, 0.25) is 0 Å². The molecule has 0 aliphatic heterocycles. The van der Waals surface area contributed by atoms with Gasteiger partial charge in [-0.25, -0.2) is 4.39 Å². The summed E-state index contributed by atoms with van der Waals surface area (Å²) in [6.45, 7) is 2.86. The molecule has 0 spiro atoms. The lowest BCUT2D eigenvalue weighted by Gasteiger charge is -2.28. The van der Waals surface area contributed by atoms with Crippen molar-refractivity contribution in [2.75, 3.05) is 13.4 Å². The Morgan fingerprint density at radius 1 is 0.848 bits per heavy atom. The van der Waals surface area contributed by atoms with E-state index in [1.807, 2.05) is 31.2 Å². The van der Waals surface area contributed by atoms with Gasteiger partial charge in [-0.3, -0.25) is 0 Å². The standard InChI is InChI=1S/C24H26F6O3/c1-2-31-15-32-20-11-7-18(8-12-20)16-3-5-17(6-4-16)19-9-13-21(14-10-19)33-24(29,30)22(25)23(26,27)28/h3-6,9-10,13-14,18,20,22H,2,7-8,11-12,15H2,1H3. The van der Waals surface area contributed by atoms with Crippen LogP contribution in [0.25, 0.3) is 11.1 Å². The van der Waals surface area contributed by atoms with E-state index in [4.69, 9.17) is 9.47 Å². The Labute approximate surface area is 188 Å². The summed E-state index contributed by atoms with van der Waals surface area (Å²) in [6, 6.07) is 12.9. The molecule has 1 aliphatic carbocycles. The molecule has 0 aromatic heterocycles. The van der Waals surface area contributed by atoms with Crippen molar-refractivity contribution in [1.82, 2.24) is 0 Å². The van der Waals surface area contributed by atoms with Gasteiger partial charge in [0.15, 0.2) is 0 Å². The van der Waals surface area contributed by atoms with E-state index in [1.54, 1.807) is 0 Å². The van der Waals surface area contributed by atoms with Crippen LogP contribution in [0.15, 0.2) is 48.5 Å². The van der Waals surface area contributed by atoms with Crippen LogP contribution in [0, 0.1) is 0 Å². The van der Waals surface area contributed by atoms with E-state index in [-0.39, 0.29) is 6.10 Å². The predicted octanol–water partition coefficient (Wildman–Crippen LogP) is 7.26. The summed E-state index contributed by atoms with van der Waals surface area (Å²) in [6.07, 6.45) is -11.0. The van der Waals surface area contributed by atoms with E-state index in [9.17, 15) is 26.3 Å². The van der Waals surface area contributed by atoms with Crippen molar-refractivity contribution in [3.05, 3.63) is 54.1 Å². The minimum Gasteiger partial charge on any atom is -0.430 e. The molecule has 33 heavy (non-hydrogen) atoms. The van der Waals surface area contributed by atoms with Gasteiger partial charge in [0.1, 0.15) is 12.5 Å². The normalized spacial score (nSPS) is 20.5. The third-order valence-electron chi connectivity index (χ3n) is 5.67. The van der Waals surface area contributed by atoms with Gasteiger partial charge in [0.25, 0.3) is 6.17 Å². The number of hydrogen-bond acceptors (Lipinski definition) is 3. The third-order valence-corrected chi connectivity index (χ3v) is 5.67. The fourth-order valence-electron chi connectivity index (χ4n) is 3.85. The molecule has 0 heterocycles. The molecule has 2 aromatic carbocycles. The molecule has 9 heteroatoms. The molecule has 2 aromatic rings. The first-order chi connectivity index (χ1) is 15.6. The van der Waals surface area contributed by atoms with E-state index in [0.29, 0.717) is 24.9 Å². The van der Waals surface area contributed by atoms with Crippen molar-refractivity contribution in [2.45, 2.75) is 63.1 Å². The zero-order chi connectivity index (χ0) is 24.1. The molecule has 1 fully saturated rings. The van der Waals surface area contributed by atoms with E-state index in [2.05, 4.69) is 4.74 Å². The molecule has 0 N–H and O–H groups in total. The van der Waals surface area contributed by atoms with Crippen LogP contribution < -0.4 is 4.74 Å². The maximum Gasteiger partial charge on any atom is 0.439 e. The van der Waals surface area contributed by atoms with Gasteiger partial charge in [0, 0.05) is 6.61 Å². The monoisotopic (exact) mass is 476 g/mol. The summed E-state index contributed by atoms with van der Waals surface area (Å²) >= 11 is 0. The Kier molecular flexibility index (Phi) is 8.28. The summed E-state index contributed by atoms with van der Waals surface area (Å²) in [7, 11) is 0. The van der Waals surface area contributed by atoms with Gasteiger partial charge < -0.3 is 14.2 Å². The summed E-state index contributed by atoms with van der Waals surface area (Å²) in [5, 5.41) is 0. The summed E-state index contributed by atoms with van der Waals surface area (Å²) in [5.41, 5.74) is 2.67. The molecule has 0 saturated heterocycles. The number of hydrogen-bond donors (Lipinski definition) is 0. The Morgan fingerprint density at radius 2 is 1.39 bits per heavy atom. The van der Waals surface area contributed by atoms with Crippen LogP contribution in [0.3, 0.4) is 0 Å². The number of alkyl halides is 6. The molecule has 1 aliphatic rings. The van der Waals surface area contributed by atoms with Gasteiger partial charge in [-0.05, 0) is 67.3 Å². The largest absolute Gasteiger partial charge is 0.439 e. The van der Waals surface area contributed by atoms with Crippen molar-refractivity contribution in [2.24, 2.45) is 0 Å². The maximum absolute atomic E-state index is 13.4. The minimum atomic E-state index is -5.72. The quantitative estimate of drug-likeness (QED) is 0.217. The highest BCUT2D eigenvalue weighted by atomic mass is 19.4. The minimum absolute atomic E-state index is 0.212. The van der Waals surface area contributed by atoms with Gasteiger partial charge in [-0.15, -0.1) is 0 Å². The van der Waals surface area contributed by atoms with Crippen LogP contribution in [0.1, 0.15) is 44.1 Å².